The molecule has 0 spiro atoms. The van der Waals surface area contributed by atoms with Gasteiger partial charge >= 0.3 is 0 Å². The van der Waals surface area contributed by atoms with E-state index in [0.717, 1.165) is 13.0 Å². The van der Waals surface area contributed by atoms with E-state index in [4.69, 9.17) is 0 Å². The summed E-state index contributed by atoms with van der Waals surface area (Å²) in [4.78, 5) is 0. The Morgan fingerprint density at radius 2 is 2.31 bits per heavy atom. The second-order valence-corrected chi connectivity index (χ2v) is 3.76. The van der Waals surface area contributed by atoms with Gasteiger partial charge in [0.05, 0.1) is 0 Å². The van der Waals surface area contributed by atoms with Gasteiger partial charge in [-0.15, -0.1) is 0 Å². The number of benzene rings is 1. The molecule has 0 aromatic heterocycles. The Labute approximate surface area is 80.2 Å². The lowest BCUT2D eigenvalue weighted by Crippen LogP contribution is -2.28. The molecule has 1 N–H and O–H groups in total. The molecule has 2 rings (SSSR count). The number of hydrogen-bond donors (Lipinski definition) is 1. The van der Waals surface area contributed by atoms with Gasteiger partial charge in [0.2, 0.25) is 0 Å². The first-order chi connectivity index (χ1) is 6.33. The summed E-state index contributed by atoms with van der Waals surface area (Å²) >= 11 is 0. The molecule has 1 heterocycles. The molecule has 70 valence electrons. The van der Waals surface area contributed by atoms with Crippen molar-refractivity contribution in [3.8, 4) is 0 Å². The van der Waals surface area contributed by atoms with Crippen LogP contribution in [0.15, 0.2) is 18.2 Å². The molecule has 1 aromatic rings. The molecular formula is C12H17N. The monoisotopic (exact) mass is 175 g/mol. The Balaban J connectivity index is 2.48. The van der Waals surface area contributed by atoms with Crippen LogP contribution in [0.5, 0.6) is 0 Å². The van der Waals surface area contributed by atoms with Crippen LogP contribution >= 0.6 is 0 Å². The Bertz CT molecular complexity index is 304. The minimum Gasteiger partial charge on any atom is -0.310 e. The SMILES string of the molecule is CCc1cccc2c1CCNC2C. The van der Waals surface area contributed by atoms with Crippen LogP contribution in [0.2, 0.25) is 0 Å². The molecule has 0 saturated carbocycles. The summed E-state index contributed by atoms with van der Waals surface area (Å²) in [5.74, 6) is 0. The second-order valence-electron chi connectivity index (χ2n) is 3.76. The first kappa shape index (κ1) is 8.76. The first-order valence-electron chi connectivity index (χ1n) is 5.17. The number of fused-ring (bicyclic) bond motifs is 1. The van der Waals surface area contributed by atoms with Crippen LogP contribution in [-0.4, -0.2) is 6.54 Å². The summed E-state index contributed by atoms with van der Waals surface area (Å²) in [7, 11) is 0. The summed E-state index contributed by atoms with van der Waals surface area (Å²) in [6.07, 6.45) is 2.36. The molecule has 0 radical (unpaired) electrons. The van der Waals surface area contributed by atoms with Crippen molar-refractivity contribution < 1.29 is 0 Å². The molecule has 1 unspecified atom stereocenters. The van der Waals surface area contributed by atoms with Crippen LogP contribution in [0.3, 0.4) is 0 Å². The van der Waals surface area contributed by atoms with Gasteiger partial charge in [0.25, 0.3) is 0 Å². The quantitative estimate of drug-likeness (QED) is 0.691. The fourth-order valence-electron chi connectivity index (χ4n) is 2.22. The molecule has 0 amide bonds. The average Bonchev–Trinajstić information content (AvgIpc) is 2.18. The number of rotatable bonds is 1. The number of aryl methyl sites for hydroxylation is 1. The first-order valence-corrected chi connectivity index (χ1v) is 5.17. The second kappa shape index (κ2) is 3.51. The Hall–Kier alpha value is -0.820. The molecular weight excluding hydrogens is 158 g/mol. The summed E-state index contributed by atoms with van der Waals surface area (Å²) in [5, 5.41) is 3.49. The fraction of sp³-hybridized carbons (Fsp3) is 0.500. The zero-order valence-corrected chi connectivity index (χ0v) is 8.43. The van der Waals surface area contributed by atoms with Gasteiger partial charge in [-0.1, -0.05) is 25.1 Å². The van der Waals surface area contributed by atoms with Crippen molar-refractivity contribution >= 4 is 0 Å². The van der Waals surface area contributed by atoms with Gasteiger partial charge in [-0.3, -0.25) is 0 Å². The average molecular weight is 175 g/mol. The maximum Gasteiger partial charge on any atom is 0.0294 e. The van der Waals surface area contributed by atoms with Crippen LogP contribution < -0.4 is 5.32 Å². The lowest BCUT2D eigenvalue weighted by atomic mass is 9.90. The van der Waals surface area contributed by atoms with Crippen molar-refractivity contribution in [2.45, 2.75) is 32.7 Å². The summed E-state index contributed by atoms with van der Waals surface area (Å²) in [5.41, 5.74) is 4.63. The number of nitrogens with one attached hydrogen (secondary N) is 1. The Morgan fingerprint density at radius 3 is 3.08 bits per heavy atom. The minimum absolute atomic E-state index is 0.537. The third kappa shape index (κ3) is 1.49. The van der Waals surface area contributed by atoms with Crippen molar-refractivity contribution in [1.82, 2.24) is 5.32 Å². The normalized spacial score (nSPS) is 21.2. The smallest absolute Gasteiger partial charge is 0.0294 e. The van der Waals surface area contributed by atoms with Crippen LogP contribution in [0.25, 0.3) is 0 Å². The summed E-state index contributed by atoms with van der Waals surface area (Å²) in [6.45, 7) is 5.62. The third-order valence-electron chi connectivity index (χ3n) is 2.98. The molecule has 1 aliphatic heterocycles. The lowest BCUT2D eigenvalue weighted by Gasteiger charge is -2.25. The maximum atomic E-state index is 3.49. The van der Waals surface area contributed by atoms with Gasteiger partial charge in [-0.25, -0.2) is 0 Å². The standard InChI is InChI=1S/C12H17N/c1-3-10-5-4-6-11-9(2)13-8-7-12(10)11/h4-6,9,13H,3,7-8H2,1-2H3. The highest BCUT2D eigenvalue weighted by atomic mass is 14.9. The molecule has 1 atom stereocenters. The van der Waals surface area contributed by atoms with Crippen molar-refractivity contribution in [2.24, 2.45) is 0 Å². The summed E-state index contributed by atoms with van der Waals surface area (Å²) in [6, 6.07) is 7.24. The fourth-order valence-corrected chi connectivity index (χ4v) is 2.22. The van der Waals surface area contributed by atoms with Gasteiger partial charge < -0.3 is 5.32 Å². The Kier molecular flexibility index (Phi) is 2.36. The van der Waals surface area contributed by atoms with Gasteiger partial charge in [-0.05, 0) is 43.0 Å². The minimum atomic E-state index is 0.537. The van der Waals surface area contributed by atoms with Gasteiger partial charge in [0.1, 0.15) is 0 Å². The predicted molar refractivity (Wildman–Crippen MR) is 55.9 cm³/mol. The largest absolute Gasteiger partial charge is 0.310 e. The molecule has 1 heteroatoms. The highest BCUT2D eigenvalue weighted by molar-refractivity contribution is 5.38. The molecule has 0 aliphatic carbocycles. The predicted octanol–water partition coefficient (Wildman–Crippen LogP) is 2.46. The van der Waals surface area contributed by atoms with E-state index in [2.05, 4.69) is 37.4 Å². The van der Waals surface area contributed by atoms with Gasteiger partial charge in [0, 0.05) is 6.04 Å². The van der Waals surface area contributed by atoms with E-state index in [1.54, 1.807) is 5.56 Å². The zero-order chi connectivity index (χ0) is 9.26. The highest BCUT2D eigenvalue weighted by Crippen LogP contribution is 2.25. The topological polar surface area (TPSA) is 12.0 Å². The molecule has 1 aromatic carbocycles. The Morgan fingerprint density at radius 1 is 1.46 bits per heavy atom. The number of hydrogen-bond acceptors (Lipinski definition) is 1. The van der Waals surface area contributed by atoms with Crippen LogP contribution in [-0.2, 0) is 12.8 Å². The van der Waals surface area contributed by atoms with Crippen molar-refractivity contribution in [3.63, 3.8) is 0 Å². The van der Waals surface area contributed by atoms with E-state index < -0.39 is 0 Å². The third-order valence-corrected chi connectivity index (χ3v) is 2.98. The van der Waals surface area contributed by atoms with E-state index in [1.165, 1.54) is 17.5 Å². The highest BCUT2D eigenvalue weighted by Gasteiger charge is 2.16. The lowest BCUT2D eigenvalue weighted by molar-refractivity contribution is 0.538. The van der Waals surface area contributed by atoms with Gasteiger partial charge in [0.15, 0.2) is 0 Å². The zero-order valence-electron chi connectivity index (χ0n) is 8.43. The molecule has 1 aliphatic rings. The molecule has 0 bridgehead atoms. The van der Waals surface area contributed by atoms with Crippen molar-refractivity contribution in [2.75, 3.05) is 6.54 Å². The molecule has 0 fully saturated rings. The molecule has 1 nitrogen and oxygen atoms in total. The molecule has 0 saturated heterocycles. The van der Waals surface area contributed by atoms with E-state index in [0.29, 0.717) is 6.04 Å². The van der Waals surface area contributed by atoms with E-state index in [9.17, 15) is 0 Å². The van der Waals surface area contributed by atoms with E-state index in [1.807, 2.05) is 0 Å². The van der Waals surface area contributed by atoms with Crippen molar-refractivity contribution in [3.05, 3.63) is 34.9 Å². The van der Waals surface area contributed by atoms with E-state index >= 15 is 0 Å². The van der Waals surface area contributed by atoms with Crippen LogP contribution in [0.4, 0.5) is 0 Å². The molecule has 13 heavy (non-hydrogen) atoms. The van der Waals surface area contributed by atoms with E-state index in [-0.39, 0.29) is 0 Å². The van der Waals surface area contributed by atoms with Gasteiger partial charge in [-0.2, -0.15) is 0 Å². The summed E-state index contributed by atoms with van der Waals surface area (Å²) < 4.78 is 0. The van der Waals surface area contributed by atoms with Crippen LogP contribution in [0, 0.1) is 0 Å². The van der Waals surface area contributed by atoms with Crippen molar-refractivity contribution in [1.29, 1.82) is 0 Å². The maximum absolute atomic E-state index is 3.49. The van der Waals surface area contributed by atoms with Crippen LogP contribution in [0.1, 0.15) is 36.6 Å².